The Kier molecular flexibility index (Phi) is 5.64. The van der Waals surface area contributed by atoms with Crippen LogP contribution in [-0.4, -0.2) is 51.2 Å². The molecule has 1 aromatic carbocycles. The van der Waals surface area contributed by atoms with Gasteiger partial charge in [-0.25, -0.2) is 13.1 Å². The first kappa shape index (κ1) is 17.7. The van der Waals surface area contributed by atoms with E-state index in [1.165, 1.54) is 0 Å². The van der Waals surface area contributed by atoms with Gasteiger partial charge in [0.15, 0.2) is 6.61 Å². The first-order chi connectivity index (χ1) is 10.8. The van der Waals surface area contributed by atoms with Crippen LogP contribution in [0, 0.1) is 13.8 Å². The highest BCUT2D eigenvalue weighted by Gasteiger charge is 2.25. The summed E-state index contributed by atoms with van der Waals surface area (Å²) in [7, 11) is -3.26. The number of piperidine rings is 1. The van der Waals surface area contributed by atoms with Crippen molar-refractivity contribution < 1.29 is 17.9 Å². The predicted octanol–water partition coefficient (Wildman–Crippen LogP) is 1.22. The molecule has 7 heteroatoms. The van der Waals surface area contributed by atoms with Crippen molar-refractivity contribution in [3.8, 4) is 5.75 Å². The number of hydrogen-bond donors (Lipinski definition) is 1. The minimum absolute atomic E-state index is 0.0319. The lowest BCUT2D eigenvalue weighted by Gasteiger charge is -2.32. The van der Waals surface area contributed by atoms with Crippen molar-refractivity contribution in [3.05, 3.63) is 29.3 Å². The minimum atomic E-state index is -3.26. The molecule has 128 valence electrons. The van der Waals surface area contributed by atoms with E-state index in [1.807, 2.05) is 32.0 Å². The number of rotatable bonds is 5. The van der Waals surface area contributed by atoms with E-state index >= 15 is 0 Å². The fraction of sp³-hybridized carbons (Fsp3) is 0.562. The van der Waals surface area contributed by atoms with Gasteiger partial charge >= 0.3 is 0 Å². The lowest BCUT2D eigenvalue weighted by Crippen LogP contribution is -2.50. The van der Waals surface area contributed by atoms with Gasteiger partial charge in [0.2, 0.25) is 10.0 Å². The Balaban J connectivity index is 1.91. The van der Waals surface area contributed by atoms with E-state index in [-0.39, 0.29) is 18.6 Å². The Bertz CT molecular complexity index is 673. The van der Waals surface area contributed by atoms with Crippen LogP contribution in [0.3, 0.4) is 0 Å². The molecule has 1 unspecified atom stereocenters. The zero-order valence-electron chi connectivity index (χ0n) is 13.8. The standard InChI is InChI=1S/C16H24N2O4S/c1-12-6-4-8-15(13(12)2)22-11-16(19)18-9-5-7-14(10-18)17-23(3,20)21/h4,6,8,14,17H,5,7,9-11H2,1-3H3. The normalized spacial score (nSPS) is 18.7. The van der Waals surface area contributed by atoms with Gasteiger partial charge < -0.3 is 9.64 Å². The van der Waals surface area contributed by atoms with Gasteiger partial charge in [0.25, 0.3) is 5.91 Å². The first-order valence-corrected chi connectivity index (χ1v) is 9.59. The Labute approximate surface area is 137 Å². The fourth-order valence-corrected chi connectivity index (χ4v) is 3.51. The van der Waals surface area contributed by atoms with E-state index in [0.29, 0.717) is 18.8 Å². The SMILES string of the molecule is Cc1cccc(OCC(=O)N2CCCC(NS(C)(=O)=O)C2)c1C. The number of carbonyl (C=O) groups excluding carboxylic acids is 1. The molecule has 1 aromatic rings. The maximum atomic E-state index is 12.3. The molecule has 0 radical (unpaired) electrons. The van der Waals surface area contributed by atoms with Crippen molar-refractivity contribution in [2.75, 3.05) is 26.0 Å². The van der Waals surface area contributed by atoms with Crippen LogP contribution in [0.2, 0.25) is 0 Å². The molecule has 6 nitrogen and oxygen atoms in total. The molecule has 1 N–H and O–H groups in total. The Hall–Kier alpha value is -1.60. The summed E-state index contributed by atoms with van der Waals surface area (Å²) < 4.78 is 30.8. The number of carbonyl (C=O) groups is 1. The zero-order chi connectivity index (χ0) is 17.0. The summed E-state index contributed by atoms with van der Waals surface area (Å²) in [5.74, 6) is 0.590. The molecule has 1 atom stereocenters. The maximum absolute atomic E-state index is 12.3. The van der Waals surface area contributed by atoms with E-state index in [2.05, 4.69) is 4.72 Å². The monoisotopic (exact) mass is 340 g/mol. The van der Waals surface area contributed by atoms with Gasteiger partial charge in [0, 0.05) is 19.1 Å². The minimum Gasteiger partial charge on any atom is -0.483 e. The van der Waals surface area contributed by atoms with Gasteiger partial charge in [-0.05, 0) is 43.9 Å². The van der Waals surface area contributed by atoms with E-state index in [9.17, 15) is 13.2 Å². The number of hydrogen-bond acceptors (Lipinski definition) is 4. The highest BCUT2D eigenvalue weighted by atomic mass is 32.2. The fourth-order valence-electron chi connectivity index (χ4n) is 2.71. The van der Waals surface area contributed by atoms with E-state index < -0.39 is 10.0 Å². The van der Waals surface area contributed by atoms with Crippen LogP contribution in [0.5, 0.6) is 5.75 Å². The van der Waals surface area contributed by atoms with Crippen LogP contribution in [0.15, 0.2) is 18.2 Å². The van der Waals surface area contributed by atoms with E-state index in [4.69, 9.17) is 4.74 Å². The lowest BCUT2D eigenvalue weighted by molar-refractivity contribution is -0.134. The van der Waals surface area contributed by atoms with Crippen molar-refractivity contribution in [1.29, 1.82) is 0 Å². The number of nitrogens with zero attached hydrogens (tertiary/aromatic N) is 1. The second kappa shape index (κ2) is 7.31. The van der Waals surface area contributed by atoms with Crippen molar-refractivity contribution in [1.82, 2.24) is 9.62 Å². The van der Waals surface area contributed by atoms with Gasteiger partial charge in [-0.2, -0.15) is 0 Å². The lowest BCUT2D eigenvalue weighted by atomic mass is 10.1. The van der Waals surface area contributed by atoms with Crippen LogP contribution in [-0.2, 0) is 14.8 Å². The summed E-state index contributed by atoms with van der Waals surface area (Å²) in [4.78, 5) is 14.0. The number of benzene rings is 1. The molecule has 1 amide bonds. The molecule has 0 spiro atoms. The maximum Gasteiger partial charge on any atom is 0.260 e. The Morgan fingerprint density at radius 1 is 1.39 bits per heavy atom. The highest BCUT2D eigenvalue weighted by molar-refractivity contribution is 7.88. The average molecular weight is 340 g/mol. The second-order valence-electron chi connectivity index (χ2n) is 6.06. The Morgan fingerprint density at radius 3 is 2.83 bits per heavy atom. The molecule has 1 aliphatic heterocycles. The first-order valence-electron chi connectivity index (χ1n) is 7.70. The average Bonchev–Trinajstić information content (AvgIpc) is 2.47. The summed E-state index contributed by atoms with van der Waals surface area (Å²) >= 11 is 0. The third kappa shape index (κ3) is 5.21. The van der Waals surface area contributed by atoms with Crippen molar-refractivity contribution in [2.45, 2.75) is 32.7 Å². The van der Waals surface area contributed by atoms with Crippen molar-refractivity contribution in [2.24, 2.45) is 0 Å². The van der Waals surface area contributed by atoms with Gasteiger partial charge in [-0.15, -0.1) is 0 Å². The molecule has 1 saturated heterocycles. The largest absolute Gasteiger partial charge is 0.483 e. The molecule has 1 aliphatic rings. The van der Waals surface area contributed by atoms with Crippen LogP contribution >= 0.6 is 0 Å². The van der Waals surface area contributed by atoms with E-state index in [0.717, 1.165) is 30.2 Å². The number of likely N-dealkylation sites (tertiary alicyclic amines) is 1. The second-order valence-corrected chi connectivity index (χ2v) is 7.84. The smallest absolute Gasteiger partial charge is 0.260 e. The summed E-state index contributed by atoms with van der Waals surface area (Å²) in [5.41, 5.74) is 2.14. The highest BCUT2D eigenvalue weighted by Crippen LogP contribution is 2.20. The number of aryl methyl sites for hydroxylation is 1. The molecule has 23 heavy (non-hydrogen) atoms. The third-order valence-electron chi connectivity index (χ3n) is 4.06. The van der Waals surface area contributed by atoms with Gasteiger partial charge in [-0.1, -0.05) is 12.1 Å². The number of sulfonamides is 1. The molecule has 0 aliphatic carbocycles. The molecular weight excluding hydrogens is 316 g/mol. The van der Waals surface area contributed by atoms with Crippen LogP contribution < -0.4 is 9.46 Å². The van der Waals surface area contributed by atoms with Gasteiger partial charge in [-0.3, -0.25) is 4.79 Å². The number of ether oxygens (including phenoxy) is 1. The topological polar surface area (TPSA) is 75.7 Å². The molecule has 0 saturated carbocycles. The van der Waals surface area contributed by atoms with Gasteiger partial charge in [0.05, 0.1) is 6.26 Å². The summed E-state index contributed by atoms with van der Waals surface area (Å²) in [6, 6.07) is 5.52. The molecule has 0 aromatic heterocycles. The quantitative estimate of drug-likeness (QED) is 0.874. The van der Waals surface area contributed by atoms with Crippen LogP contribution in [0.25, 0.3) is 0 Å². The summed E-state index contributed by atoms with van der Waals surface area (Å²) in [6.07, 6.45) is 2.66. The molecular formula is C16H24N2O4S. The predicted molar refractivity (Wildman–Crippen MR) is 89.0 cm³/mol. The van der Waals surface area contributed by atoms with Crippen molar-refractivity contribution in [3.63, 3.8) is 0 Å². The number of nitrogens with one attached hydrogen (secondary N) is 1. The van der Waals surface area contributed by atoms with Crippen LogP contribution in [0.1, 0.15) is 24.0 Å². The molecule has 2 rings (SSSR count). The summed E-state index contributed by atoms with van der Waals surface area (Å²) in [5, 5.41) is 0. The van der Waals surface area contributed by atoms with Gasteiger partial charge in [0.1, 0.15) is 5.75 Å². The zero-order valence-corrected chi connectivity index (χ0v) is 14.6. The third-order valence-corrected chi connectivity index (χ3v) is 4.82. The molecule has 0 bridgehead atoms. The van der Waals surface area contributed by atoms with Crippen LogP contribution in [0.4, 0.5) is 0 Å². The summed E-state index contributed by atoms with van der Waals surface area (Å²) in [6.45, 7) is 4.95. The Morgan fingerprint density at radius 2 is 2.13 bits per heavy atom. The number of amides is 1. The van der Waals surface area contributed by atoms with Crippen molar-refractivity contribution >= 4 is 15.9 Å². The molecule has 1 heterocycles. The van der Waals surface area contributed by atoms with E-state index in [1.54, 1.807) is 4.90 Å². The molecule has 1 fully saturated rings.